The molecule has 3 rings (SSSR count). The average molecular weight is 341 g/mol. The third-order valence-electron chi connectivity index (χ3n) is 4.11. The van der Waals surface area contributed by atoms with Crippen LogP contribution in [0.4, 0.5) is 0 Å². The molecule has 3 aromatic rings. The molecule has 0 spiro atoms. The number of H-pyrrole nitrogens is 1. The lowest BCUT2D eigenvalue weighted by Crippen LogP contribution is -2.20. The molecule has 0 aliphatic carbocycles. The molecule has 0 radical (unpaired) electrons. The van der Waals surface area contributed by atoms with Crippen LogP contribution in [-0.4, -0.2) is 26.3 Å². The summed E-state index contributed by atoms with van der Waals surface area (Å²) in [5.74, 6) is -0.943. The number of aromatic nitrogens is 3. The Morgan fingerprint density at radius 3 is 2.62 bits per heavy atom. The molecule has 0 atom stereocenters. The van der Waals surface area contributed by atoms with Crippen molar-refractivity contribution in [3.05, 3.63) is 58.2 Å². The second-order valence-electron chi connectivity index (χ2n) is 6.44. The van der Waals surface area contributed by atoms with Crippen LogP contribution in [0.2, 0.25) is 0 Å². The van der Waals surface area contributed by atoms with Crippen LogP contribution in [0.5, 0.6) is 0 Å². The van der Waals surface area contributed by atoms with Gasteiger partial charge < -0.3 is 5.11 Å². The highest BCUT2D eigenvalue weighted by Gasteiger charge is 2.25. The number of thiazole rings is 1. The predicted molar refractivity (Wildman–Crippen MR) is 94.6 cm³/mol. The third kappa shape index (κ3) is 3.10. The van der Waals surface area contributed by atoms with Crippen molar-refractivity contribution in [3.63, 3.8) is 0 Å². The summed E-state index contributed by atoms with van der Waals surface area (Å²) in [5, 5.41) is 17.0. The number of carbonyl (C=O) groups is 1. The minimum absolute atomic E-state index is 0.0676. The first-order valence-corrected chi connectivity index (χ1v) is 8.49. The quantitative estimate of drug-likeness (QED) is 0.733. The van der Waals surface area contributed by atoms with Crippen LogP contribution < -0.4 is 0 Å². The van der Waals surface area contributed by atoms with Gasteiger partial charge in [-0.15, -0.1) is 11.3 Å². The van der Waals surface area contributed by atoms with Gasteiger partial charge in [-0.05, 0) is 24.3 Å². The number of carboxylic acid groups (broad SMARTS) is 1. The van der Waals surface area contributed by atoms with E-state index >= 15 is 0 Å². The van der Waals surface area contributed by atoms with E-state index in [-0.39, 0.29) is 10.3 Å². The van der Waals surface area contributed by atoms with Crippen LogP contribution in [0.3, 0.4) is 0 Å². The fourth-order valence-electron chi connectivity index (χ4n) is 2.80. The second-order valence-corrected chi connectivity index (χ2v) is 7.43. The lowest BCUT2D eigenvalue weighted by molar-refractivity contribution is 0.0701. The number of nitrogens with one attached hydrogen (secondary N) is 1. The highest BCUT2D eigenvalue weighted by molar-refractivity contribution is 7.17. The van der Waals surface area contributed by atoms with Crippen molar-refractivity contribution in [1.82, 2.24) is 15.2 Å². The van der Waals surface area contributed by atoms with E-state index in [4.69, 9.17) is 0 Å². The Labute approximate surface area is 144 Å². The molecule has 5 nitrogen and oxygen atoms in total. The Morgan fingerprint density at radius 2 is 2.00 bits per heavy atom. The van der Waals surface area contributed by atoms with Crippen LogP contribution in [-0.2, 0) is 11.8 Å². The normalized spacial score (nSPS) is 11.6. The van der Waals surface area contributed by atoms with Crippen molar-refractivity contribution >= 4 is 17.3 Å². The van der Waals surface area contributed by atoms with Crippen molar-refractivity contribution in [1.29, 1.82) is 0 Å². The molecule has 0 fully saturated rings. The van der Waals surface area contributed by atoms with Gasteiger partial charge in [0.25, 0.3) is 0 Å². The first-order valence-electron chi connectivity index (χ1n) is 7.67. The molecule has 0 bridgehead atoms. The summed E-state index contributed by atoms with van der Waals surface area (Å²) < 4.78 is 0. The summed E-state index contributed by atoms with van der Waals surface area (Å²) in [6.07, 6.45) is 2.58. The van der Waals surface area contributed by atoms with E-state index in [9.17, 15) is 9.90 Å². The minimum Gasteiger partial charge on any atom is -0.477 e. The summed E-state index contributed by atoms with van der Waals surface area (Å²) in [6.45, 7) is 6.09. The summed E-state index contributed by atoms with van der Waals surface area (Å²) in [4.78, 5) is 15.9. The molecule has 0 amide bonds. The van der Waals surface area contributed by atoms with Gasteiger partial charge in [0.05, 0.1) is 17.6 Å². The molecule has 124 valence electrons. The van der Waals surface area contributed by atoms with Gasteiger partial charge >= 0.3 is 5.97 Å². The van der Waals surface area contributed by atoms with Crippen LogP contribution >= 0.6 is 11.3 Å². The Balaban J connectivity index is 1.94. The largest absolute Gasteiger partial charge is 0.477 e. The lowest BCUT2D eigenvalue weighted by atomic mass is 9.79. The van der Waals surface area contributed by atoms with Gasteiger partial charge in [-0.25, -0.2) is 9.78 Å². The van der Waals surface area contributed by atoms with Crippen molar-refractivity contribution in [2.45, 2.75) is 32.6 Å². The maximum Gasteiger partial charge on any atom is 0.347 e. The zero-order valence-corrected chi connectivity index (χ0v) is 14.6. The van der Waals surface area contributed by atoms with Crippen LogP contribution in [0, 0.1) is 6.92 Å². The number of hydrogen-bond acceptors (Lipinski definition) is 4. The highest BCUT2D eigenvalue weighted by atomic mass is 32.1. The van der Waals surface area contributed by atoms with Gasteiger partial charge in [-0.1, -0.05) is 44.2 Å². The number of nitrogens with zero attached hydrogens (tertiary/aromatic N) is 2. The van der Waals surface area contributed by atoms with E-state index in [0.29, 0.717) is 10.7 Å². The maximum atomic E-state index is 11.2. The zero-order chi connectivity index (χ0) is 17.3. The number of hydrogen-bond donors (Lipinski definition) is 2. The summed E-state index contributed by atoms with van der Waals surface area (Å²) >= 11 is 1.18. The van der Waals surface area contributed by atoms with Gasteiger partial charge in [-0.2, -0.15) is 5.10 Å². The monoisotopic (exact) mass is 341 g/mol. The molecule has 0 unspecified atom stereocenters. The number of carboxylic acids is 1. The summed E-state index contributed by atoms with van der Waals surface area (Å²) in [6, 6.07) is 10.3. The summed E-state index contributed by atoms with van der Waals surface area (Å²) in [7, 11) is 0. The molecule has 0 saturated carbocycles. The van der Waals surface area contributed by atoms with Crippen molar-refractivity contribution in [3.8, 4) is 10.7 Å². The average Bonchev–Trinajstić information content (AvgIpc) is 3.14. The Bertz CT molecular complexity index is 866. The van der Waals surface area contributed by atoms with Gasteiger partial charge in [0.1, 0.15) is 9.88 Å². The first-order chi connectivity index (χ1) is 11.4. The Hall–Kier alpha value is -2.47. The second kappa shape index (κ2) is 6.20. The SMILES string of the molecule is Cc1nc(-c2[nH]ncc2CC(C)(C)c2ccccc2)sc1C(=O)O. The highest BCUT2D eigenvalue weighted by Crippen LogP contribution is 2.33. The number of rotatable bonds is 5. The van der Waals surface area contributed by atoms with Crippen molar-refractivity contribution < 1.29 is 9.90 Å². The Kier molecular flexibility index (Phi) is 4.24. The number of benzene rings is 1. The predicted octanol–water partition coefficient (Wildman–Crippen LogP) is 4.06. The third-order valence-corrected chi connectivity index (χ3v) is 5.27. The van der Waals surface area contributed by atoms with Crippen LogP contribution in [0.1, 0.15) is 40.3 Å². The Morgan fingerprint density at radius 1 is 1.29 bits per heavy atom. The van der Waals surface area contributed by atoms with E-state index in [2.05, 4.69) is 41.2 Å². The maximum absolute atomic E-state index is 11.2. The molecule has 24 heavy (non-hydrogen) atoms. The fourth-order valence-corrected chi connectivity index (χ4v) is 3.73. The number of aromatic amines is 1. The topological polar surface area (TPSA) is 78.9 Å². The van der Waals surface area contributed by atoms with Gasteiger partial charge in [0.15, 0.2) is 0 Å². The van der Waals surface area contributed by atoms with E-state index in [1.807, 2.05) is 18.2 Å². The van der Waals surface area contributed by atoms with E-state index < -0.39 is 5.97 Å². The molecule has 0 aliphatic heterocycles. The molecule has 2 N–H and O–H groups in total. The smallest absolute Gasteiger partial charge is 0.347 e. The lowest BCUT2D eigenvalue weighted by Gasteiger charge is -2.25. The molecular formula is C18H19N3O2S. The van der Waals surface area contributed by atoms with Crippen LogP contribution in [0.25, 0.3) is 10.7 Å². The molecule has 1 aromatic carbocycles. The molecular weight excluding hydrogens is 322 g/mol. The minimum atomic E-state index is -0.943. The molecule has 0 saturated heterocycles. The van der Waals surface area contributed by atoms with Crippen molar-refractivity contribution in [2.75, 3.05) is 0 Å². The van der Waals surface area contributed by atoms with Gasteiger partial charge in [0.2, 0.25) is 0 Å². The van der Waals surface area contributed by atoms with E-state index in [1.165, 1.54) is 16.9 Å². The number of aryl methyl sites for hydroxylation is 1. The first kappa shape index (κ1) is 16.4. The van der Waals surface area contributed by atoms with Gasteiger partial charge in [-0.3, -0.25) is 5.10 Å². The van der Waals surface area contributed by atoms with Crippen molar-refractivity contribution in [2.24, 2.45) is 0 Å². The van der Waals surface area contributed by atoms with Crippen LogP contribution in [0.15, 0.2) is 36.5 Å². The standard InChI is InChI=1S/C18H19N3O2S/c1-11-15(17(22)23)24-16(20-11)14-12(10-19-21-14)9-18(2,3)13-7-5-4-6-8-13/h4-8,10H,9H2,1-3H3,(H,19,21)(H,22,23). The fraction of sp³-hybridized carbons (Fsp3) is 0.278. The molecule has 0 aliphatic rings. The molecule has 2 heterocycles. The summed E-state index contributed by atoms with van der Waals surface area (Å²) in [5.41, 5.74) is 3.56. The zero-order valence-electron chi connectivity index (χ0n) is 13.8. The molecule has 6 heteroatoms. The number of aromatic carboxylic acids is 1. The van der Waals surface area contributed by atoms with E-state index in [1.54, 1.807) is 13.1 Å². The molecule has 2 aromatic heterocycles. The van der Waals surface area contributed by atoms with E-state index in [0.717, 1.165) is 17.7 Å². The van der Waals surface area contributed by atoms with Gasteiger partial charge in [0, 0.05) is 5.56 Å².